The summed E-state index contributed by atoms with van der Waals surface area (Å²) in [5, 5.41) is 8.60. The van der Waals surface area contributed by atoms with Crippen LogP contribution in [0.25, 0.3) is 55.8 Å². The standard InChI is InChI=1S/C24H17N7O/c1-32-17-9-16(12-26-13-17)14-4-5-19-18(10-14)22(31-30-19)24-28-20-6-8-27-21(23(20)29-24)15-3-2-7-25-11-15/h2-13H,1H3,(H,28,29)(H,30,31). The van der Waals surface area contributed by atoms with Crippen molar-refractivity contribution >= 4 is 21.9 Å². The Balaban J connectivity index is 1.50. The molecule has 6 aromatic rings. The van der Waals surface area contributed by atoms with Gasteiger partial charge >= 0.3 is 0 Å². The zero-order chi connectivity index (χ0) is 21.5. The highest BCUT2D eigenvalue weighted by Crippen LogP contribution is 2.32. The molecule has 6 rings (SSSR count). The molecular formula is C24H17N7O. The summed E-state index contributed by atoms with van der Waals surface area (Å²) in [6.45, 7) is 0. The Morgan fingerprint density at radius 3 is 2.62 bits per heavy atom. The second-order valence-electron chi connectivity index (χ2n) is 7.33. The monoisotopic (exact) mass is 419 g/mol. The molecule has 0 aliphatic rings. The molecular weight excluding hydrogens is 402 g/mol. The third-order valence-corrected chi connectivity index (χ3v) is 5.41. The molecule has 0 fully saturated rings. The smallest absolute Gasteiger partial charge is 0.159 e. The maximum absolute atomic E-state index is 5.32. The highest BCUT2D eigenvalue weighted by Gasteiger charge is 2.16. The molecule has 0 aliphatic heterocycles. The molecule has 0 radical (unpaired) electrons. The van der Waals surface area contributed by atoms with Gasteiger partial charge in [-0.2, -0.15) is 5.10 Å². The molecule has 0 unspecified atom stereocenters. The van der Waals surface area contributed by atoms with Crippen LogP contribution in [0.3, 0.4) is 0 Å². The van der Waals surface area contributed by atoms with Gasteiger partial charge in [-0.15, -0.1) is 0 Å². The number of methoxy groups -OCH3 is 1. The van der Waals surface area contributed by atoms with Crippen molar-refractivity contribution in [2.45, 2.75) is 0 Å². The van der Waals surface area contributed by atoms with Crippen LogP contribution in [0.4, 0.5) is 0 Å². The quantitative estimate of drug-likeness (QED) is 0.431. The minimum Gasteiger partial charge on any atom is -0.495 e. The van der Waals surface area contributed by atoms with Crippen molar-refractivity contribution in [3.05, 3.63) is 73.4 Å². The number of aromatic nitrogens is 7. The summed E-state index contributed by atoms with van der Waals surface area (Å²) in [6, 6.07) is 13.9. The van der Waals surface area contributed by atoms with Crippen molar-refractivity contribution in [2.24, 2.45) is 0 Å². The molecule has 8 nitrogen and oxygen atoms in total. The topological polar surface area (TPSA) is 105 Å². The highest BCUT2D eigenvalue weighted by atomic mass is 16.5. The molecule has 32 heavy (non-hydrogen) atoms. The predicted molar refractivity (Wildman–Crippen MR) is 122 cm³/mol. The van der Waals surface area contributed by atoms with Gasteiger partial charge in [0.1, 0.15) is 17.0 Å². The van der Waals surface area contributed by atoms with E-state index in [2.05, 4.69) is 36.2 Å². The van der Waals surface area contributed by atoms with E-state index in [0.717, 1.165) is 50.0 Å². The minimum atomic E-state index is 0.672. The van der Waals surface area contributed by atoms with E-state index in [-0.39, 0.29) is 0 Å². The van der Waals surface area contributed by atoms with Crippen LogP contribution in [0.15, 0.2) is 73.4 Å². The van der Waals surface area contributed by atoms with Gasteiger partial charge in [-0.3, -0.25) is 20.1 Å². The van der Waals surface area contributed by atoms with Crippen molar-refractivity contribution in [1.29, 1.82) is 0 Å². The fraction of sp³-hybridized carbons (Fsp3) is 0.0417. The molecule has 5 heterocycles. The average molecular weight is 419 g/mol. The van der Waals surface area contributed by atoms with Crippen LogP contribution in [0.1, 0.15) is 0 Å². The van der Waals surface area contributed by atoms with Gasteiger partial charge in [-0.05, 0) is 42.0 Å². The van der Waals surface area contributed by atoms with Gasteiger partial charge in [-0.25, -0.2) is 4.98 Å². The van der Waals surface area contributed by atoms with Crippen LogP contribution in [0.2, 0.25) is 0 Å². The van der Waals surface area contributed by atoms with E-state index < -0.39 is 0 Å². The largest absolute Gasteiger partial charge is 0.495 e. The average Bonchev–Trinajstić information content (AvgIpc) is 3.48. The Morgan fingerprint density at radius 2 is 1.75 bits per heavy atom. The summed E-state index contributed by atoms with van der Waals surface area (Å²) in [6.07, 6.45) is 8.80. The summed E-state index contributed by atoms with van der Waals surface area (Å²) < 4.78 is 5.32. The lowest BCUT2D eigenvalue weighted by Gasteiger charge is -2.04. The first-order chi connectivity index (χ1) is 15.8. The Hall–Kier alpha value is -4.59. The number of rotatable bonds is 4. The zero-order valence-corrected chi connectivity index (χ0v) is 17.1. The van der Waals surface area contributed by atoms with Gasteiger partial charge < -0.3 is 9.72 Å². The van der Waals surface area contributed by atoms with Gasteiger partial charge in [0.15, 0.2) is 5.82 Å². The van der Waals surface area contributed by atoms with E-state index in [1.165, 1.54) is 0 Å². The molecule has 0 aliphatic carbocycles. The van der Waals surface area contributed by atoms with E-state index in [4.69, 9.17) is 9.72 Å². The molecule has 0 bridgehead atoms. The lowest BCUT2D eigenvalue weighted by atomic mass is 10.0. The maximum Gasteiger partial charge on any atom is 0.159 e. The minimum absolute atomic E-state index is 0.672. The molecule has 0 saturated heterocycles. The first-order valence-corrected chi connectivity index (χ1v) is 10.0. The molecule has 2 N–H and O–H groups in total. The van der Waals surface area contributed by atoms with E-state index >= 15 is 0 Å². The number of aromatic amines is 2. The molecule has 154 valence electrons. The number of hydrogen-bond donors (Lipinski definition) is 2. The maximum atomic E-state index is 5.32. The van der Waals surface area contributed by atoms with Crippen molar-refractivity contribution in [2.75, 3.05) is 7.11 Å². The Morgan fingerprint density at radius 1 is 0.812 bits per heavy atom. The van der Waals surface area contributed by atoms with Crippen molar-refractivity contribution in [3.8, 4) is 39.7 Å². The second kappa shape index (κ2) is 7.28. The third-order valence-electron chi connectivity index (χ3n) is 5.41. The molecule has 8 heteroatoms. The number of H-pyrrole nitrogens is 2. The molecule has 0 atom stereocenters. The molecule has 0 amide bonds. The predicted octanol–water partition coefficient (Wildman–Crippen LogP) is 4.63. The van der Waals surface area contributed by atoms with Crippen molar-refractivity contribution < 1.29 is 4.74 Å². The second-order valence-corrected chi connectivity index (χ2v) is 7.33. The summed E-state index contributed by atoms with van der Waals surface area (Å²) >= 11 is 0. The highest BCUT2D eigenvalue weighted by molar-refractivity contribution is 5.97. The number of imidazole rings is 1. The number of benzene rings is 1. The number of pyridine rings is 3. The summed E-state index contributed by atoms with van der Waals surface area (Å²) in [4.78, 5) is 21.3. The Kier molecular flexibility index (Phi) is 4.14. The number of hydrogen-bond acceptors (Lipinski definition) is 6. The van der Waals surface area contributed by atoms with Crippen LogP contribution < -0.4 is 4.74 Å². The first-order valence-electron chi connectivity index (χ1n) is 10.0. The first kappa shape index (κ1) is 18.2. The zero-order valence-electron chi connectivity index (χ0n) is 17.1. The molecule has 0 saturated carbocycles. The van der Waals surface area contributed by atoms with E-state index in [0.29, 0.717) is 11.6 Å². The fourth-order valence-corrected chi connectivity index (χ4v) is 3.82. The van der Waals surface area contributed by atoms with Gasteiger partial charge in [0.05, 0.1) is 30.0 Å². The van der Waals surface area contributed by atoms with Gasteiger partial charge in [0.2, 0.25) is 0 Å². The number of nitrogens with zero attached hydrogens (tertiary/aromatic N) is 5. The van der Waals surface area contributed by atoms with Crippen LogP contribution in [0, 0.1) is 0 Å². The van der Waals surface area contributed by atoms with Gasteiger partial charge in [-0.1, -0.05) is 6.07 Å². The Bertz CT molecular complexity index is 1570. The van der Waals surface area contributed by atoms with Crippen LogP contribution in [-0.4, -0.2) is 42.2 Å². The van der Waals surface area contributed by atoms with Crippen molar-refractivity contribution in [1.82, 2.24) is 35.1 Å². The van der Waals surface area contributed by atoms with E-state index in [1.807, 2.05) is 42.6 Å². The summed E-state index contributed by atoms with van der Waals surface area (Å²) in [5.74, 6) is 1.38. The molecule has 0 spiro atoms. The fourth-order valence-electron chi connectivity index (χ4n) is 3.82. The number of fused-ring (bicyclic) bond motifs is 2. The van der Waals surface area contributed by atoms with Gasteiger partial charge in [0.25, 0.3) is 0 Å². The van der Waals surface area contributed by atoms with Crippen LogP contribution in [0.5, 0.6) is 5.75 Å². The van der Waals surface area contributed by atoms with E-state index in [9.17, 15) is 0 Å². The SMILES string of the molecule is COc1cncc(-c2ccc3[nH]nc(-c4nc5c(-c6cccnc6)nccc5[nH]4)c3c2)c1. The normalized spacial score (nSPS) is 11.3. The van der Waals surface area contributed by atoms with Gasteiger partial charge in [0, 0.05) is 41.3 Å². The van der Waals surface area contributed by atoms with Crippen LogP contribution in [-0.2, 0) is 0 Å². The number of nitrogens with one attached hydrogen (secondary N) is 2. The molecule has 1 aromatic carbocycles. The lowest BCUT2D eigenvalue weighted by molar-refractivity contribution is 0.413. The third kappa shape index (κ3) is 2.97. The van der Waals surface area contributed by atoms with Crippen molar-refractivity contribution in [3.63, 3.8) is 0 Å². The lowest BCUT2D eigenvalue weighted by Crippen LogP contribution is -1.87. The number of ether oxygens (including phenoxy) is 1. The summed E-state index contributed by atoms with van der Waals surface area (Å²) in [7, 11) is 1.63. The summed E-state index contributed by atoms with van der Waals surface area (Å²) in [5.41, 5.74) is 7.00. The molecule has 5 aromatic heterocycles. The van der Waals surface area contributed by atoms with Crippen LogP contribution >= 0.6 is 0 Å². The Labute approximate surface area is 182 Å². The van der Waals surface area contributed by atoms with E-state index in [1.54, 1.807) is 31.9 Å².